The lowest BCUT2D eigenvalue weighted by Crippen LogP contribution is -2.53. The normalized spacial score (nSPS) is 17.1. The van der Waals surface area contributed by atoms with Gasteiger partial charge in [0.05, 0.1) is 120 Å². The van der Waals surface area contributed by atoms with E-state index < -0.39 is 60.0 Å². The number of amides is 8. The molecule has 31 nitrogen and oxygen atoms in total. The van der Waals surface area contributed by atoms with Gasteiger partial charge in [-0.05, 0) is 136 Å². The highest BCUT2D eigenvalue weighted by atomic mass is 16.6. The number of likely N-dealkylation sites (tertiary alicyclic amines) is 1. The summed E-state index contributed by atoms with van der Waals surface area (Å²) in [5, 5.41) is 10.9. The number of likely N-dealkylation sites (N-methyl/N-ethyl adjacent to an activating group) is 1. The molecule has 4 aliphatic rings. The SMILES string of the molecule is COc1cc(C(=O)N2CC(C)C[C@H]2[C@@H]2OCCN2C(=O)OCc2ccc(NC(=O)[C@H](C)NC(=O)[C@@H](NC(=O)CCOCCOCCOCCOCCNC(=O)CCN3C(=O)C=CC3=O)C(C)C)cc2)c(N)cc1OCCCCCOc1ccc(-c2nc3ccc(-c4nc5ccc(N6CCN(C)CC6)cc5[nH]4)cc3[nH]2)cc1. The third-order valence-corrected chi connectivity index (χ3v) is 19.6. The zero-order chi connectivity index (χ0) is 78.3. The number of nitrogens with zero attached hydrogens (tertiary/aromatic N) is 7. The van der Waals surface area contributed by atoms with Crippen LogP contribution in [0.5, 0.6) is 17.2 Å². The van der Waals surface area contributed by atoms with E-state index in [1.807, 2.05) is 43.3 Å². The summed E-state index contributed by atoms with van der Waals surface area (Å²) < 4.78 is 52.0. The van der Waals surface area contributed by atoms with Crippen LogP contribution < -0.4 is 46.1 Å². The van der Waals surface area contributed by atoms with Gasteiger partial charge in [0.2, 0.25) is 23.6 Å². The van der Waals surface area contributed by atoms with E-state index in [9.17, 15) is 38.4 Å². The molecule has 5 atom stereocenters. The van der Waals surface area contributed by atoms with Gasteiger partial charge in [0.15, 0.2) is 17.7 Å². The fourth-order valence-corrected chi connectivity index (χ4v) is 13.4. The van der Waals surface area contributed by atoms with Crippen LogP contribution in [0.4, 0.5) is 21.9 Å². The number of H-pyrrole nitrogens is 2. The molecule has 8 amide bonds. The molecule has 3 fully saturated rings. The Morgan fingerprint density at radius 1 is 0.649 bits per heavy atom. The van der Waals surface area contributed by atoms with Gasteiger partial charge in [0.25, 0.3) is 17.7 Å². The summed E-state index contributed by atoms with van der Waals surface area (Å²) >= 11 is 0. The molecular formula is C80H102N14O17. The molecule has 594 valence electrons. The lowest BCUT2D eigenvalue weighted by molar-refractivity contribution is -0.137. The topological polar surface area (TPSA) is 367 Å². The number of imidazole rings is 2. The van der Waals surface area contributed by atoms with Gasteiger partial charge in [-0.1, -0.05) is 32.9 Å². The van der Waals surface area contributed by atoms with Gasteiger partial charge in [0, 0.05) is 105 Å². The molecular weight excluding hydrogens is 1430 g/mol. The minimum atomic E-state index is -0.972. The number of benzene rings is 5. The number of carbonyl (C=O) groups is 8. The Balaban J connectivity index is 0.541. The number of aromatic nitrogens is 4. The van der Waals surface area contributed by atoms with Crippen molar-refractivity contribution in [2.75, 3.05) is 155 Å². The van der Waals surface area contributed by atoms with Crippen LogP contribution in [0, 0.1) is 11.8 Å². The van der Waals surface area contributed by atoms with Gasteiger partial charge in [-0.15, -0.1) is 0 Å². The molecule has 0 radical (unpaired) electrons. The van der Waals surface area contributed by atoms with E-state index in [-0.39, 0.29) is 107 Å². The van der Waals surface area contributed by atoms with Crippen molar-refractivity contribution in [2.24, 2.45) is 11.8 Å². The van der Waals surface area contributed by atoms with Crippen molar-refractivity contribution in [3.8, 4) is 40.0 Å². The third-order valence-electron chi connectivity index (χ3n) is 19.6. The largest absolute Gasteiger partial charge is 0.494 e. The van der Waals surface area contributed by atoms with Gasteiger partial charge in [0.1, 0.15) is 36.1 Å². The van der Waals surface area contributed by atoms with Gasteiger partial charge in [-0.2, -0.15) is 0 Å². The van der Waals surface area contributed by atoms with Crippen LogP contribution >= 0.6 is 0 Å². The molecule has 0 bridgehead atoms. The number of rotatable bonds is 40. The first kappa shape index (κ1) is 81.3. The molecule has 31 heteroatoms. The number of nitrogens with one attached hydrogen (secondary N) is 6. The Morgan fingerprint density at radius 2 is 1.29 bits per heavy atom. The third kappa shape index (κ3) is 22.5. The molecule has 5 aromatic carbocycles. The van der Waals surface area contributed by atoms with E-state index >= 15 is 0 Å². The van der Waals surface area contributed by atoms with Gasteiger partial charge in [-0.3, -0.25) is 43.4 Å². The molecule has 7 aromatic rings. The minimum absolute atomic E-state index is 0.00489. The number of hydrogen-bond donors (Lipinski definition) is 7. The summed E-state index contributed by atoms with van der Waals surface area (Å²) in [6.07, 6.45) is 3.88. The number of ether oxygens (including phenoxy) is 9. The quantitative estimate of drug-likeness (QED) is 0.0115. The second kappa shape index (κ2) is 39.8. The number of unbranched alkanes of at least 4 members (excludes halogenated alkanes) is 2. The van der Waals surface area contributed by atoms with Crippen LogP contribution in [0.25, 0.3) is 44.8 Å². The van der Waals surface area contributed by atoms with Crippen LogP contribution in [0.1, 0.15) is 82.1 Å². The zero-order valence-electron chi connectivity index (χ0n) is 63.9. The average Bonchev–Trinajstić information content (AvgIpc) is 1.67. The van der Waals surface area contributed by atoms with Gasteiger partial charge < -0.3 is 94.3 Å². The second-order valence-corrected chi connectivity index (χ2v) is 28.3. The number of anilines is 3. The first-order valence-electron chi connectivity index (χ1n) is 38.0. The molecule has 2 aromatic heterocycles. The standard InChI is InChI=1S/C80H102N14O17/c1-51(2)73(89-70(96)25-35-104-38-40-106-42-43-107-41-39-105-36-26-82-69(95)24-27-92-71(97)22-23-72(92)98)77(100)83-53(4)76(99)84-57-15-10-54(11-16-57)50-111-80(102)93-32-37-110-79(93)66-44-52(3)49-94(66)78(101)60-47-67(103-6)68(48-61(60)81)109-34-9-7-8-33-108-59-18-12-55(13-19-59)74-85-62-20-14-56(45-64(62)87-74)75-86-63-21-17-58(46-65(63)88-75)91-30-28-90(5)29-31-91/h10-23,45-48,51-53,66,73,79H,7-9,24-44,49-50,81H2,1-6H3,(H,82,95)(H,83,100)(H,84,99)(H,85,87)(H,86,88)(H,89,96)/t52?,53-,66-,73-,79-/m0/s1. The highest BCUT2D eigenvalue weighted by Gasteiger charge is 2.46. The van der Waals surface area contributed by atoms with Gasteiger partial charge in [-0.25, -0.2) is 14.8 Å². The molecule has 0 saturated carbocycles. The number of piperazine rings is 1. The Hall–Kier alpha value is -10.7. The van der Waals surface area contributed by atoms with Crippen LogP contribution in [-0.4, -0.2) is 251 Å². The van der Waals surface area contributed by atoms with E-state index in [4.69, 9.17) is 58.3 Å². The van der Waals surface area contributed by atoms with Crippen molar-refractivity contribution in [3.05, 3.63) is 120 Å². The molecule has 111 heavy (non-hydrogen) atoms. The first-order chi connectivity index (χ1) is 53.7. The van der Waals surface area contributed by atoms with Crippen LogP contribution in [0.3, 0.4) is 0 Å². The number of methoxy groups -OCH3 is 1. The van der Waals surface area contributed by atoms with E-state index in [0.717, 1.165) is 101 Å². The molecule has 0 aliphatic carbocycles. The van der Waals surface area contributed by atoms with Crippen molar-refractivity contribution in [3.63, 3.8) is 0 Å². The molecule has 11 rings (SSSR count). The van der Waals surface area contributed by atoms with Crippen LogP contribution in [0.2, 0.25) is 0 Å². The number of aromatic amines is 2. The van der Waals surface area contributed by atoms with Crippen molar-refractivity contribution < 1.29 is 81.0 Å². The zero-order valence-corrected chi connectivity index (χ0v) is 63.9. The summed E-state index contributed by atoms with van der Waals surface area (Å²) in [6.45, 7) is 15.3. The predicted molar refractivity (Wildman–Crippen MR) is 415 cm³/mol. The lowest BCUT2D eigenvalue weighted by atomic mass is 10.0. The fraction of sp³-hybridized carbons (Fsp3) is 0.475. The van der Waals surface area contributed by atoms with Gasteiger partial charge >= 0.3 is 6.09 Å². The number of hydrogen-bond acceptors (Lipinski definition) is 22. The monoisotopic (exact) mass is 1530 g/mol. The van der Waals surface area contributed by atoms with E-state index in [1.54, 1.807) is 55.1 Å². The van der Waals surface area contributed by atoms with Crippen LogP contribution in [-0.2, 0) is 63.8 Å². The molecule has 4 aliphatic heterocycles. The molecule has 6 heterocycles. The Labute approximate surface area is 644 Å². The number of imide groups is 1. The highest BCUT2D eigenvalue weighted by molar-refractivity contribution is 6.13. The number of nitrogen functional groups attached to an aromatic ring is 1. The van der Waals surface area contributed by atoms with E-state index in [1.165, 1.54) is 36.8 Å². The summed E-state index contributed by atoms with van der Waals surface area (Å²) in [6, 6.07) is 28.0. The summed E-state index contributed by atoms with van der Waals surface area (Å²) in [5.74, 6) is -0.0313. The fourth-order valence-electron chi connectivity index (χ4n) is 13.4. The maximum atomic E-state index is 14.5. The number of carbonyl (C=O) groups excluding carboxylic acids is 8. The van der Waals surface area contributed by atoms with E-state index in [2.05, 4.69) is 72.3 Å². The molecule has 1 unspecified atom stereocenters. The number of nitrogens with two attached hydrogens (primary N) is 1. The van der Waals surface area contributed by atoms with E-state index in [0.29, 0.717) is 75.4 Å². The number of fused-ring (bicyclic) bond motifs is 2. The summed E-state index contributed by atoms with van der Waals surface area (Å²) in [4.78, 5) is 129. The highest BCUT2D eigenvalue weighted by Crippen LogP contribution is 2.38. The molecule has 0 spiro atoms. The Bertz CT molecular complexity index is 4350. The summed E-state index contributed by atoms with van der Waals surface area (Å²) in [7, 11) is 3.67. The van der Waals surface area contributed by atoms with Crippen molar-refractivity contribution in [1.82, 2.24) is 55.5 Å². The predicted octanol–water partition coefficient (Wildman–Crippen LogP) is 7.06. The van der Waals surface area contributed by atoms with Crippen LogP contribution in [0.15, 0.2) is 109 Å². The smallest absolute Gasteiger partial charge is 0.412 e. The summed E-state index contributed by atoms with van der Waals surface area (Å²) in [5.41, 5.74) is 15.0. The minimum Gasteiger partial charge on any atom is -0.494 e. The van der Waals surface area contributed by atoms with Crippen molar-refractivity contribution in [1.29, 1.82) is 0 Å². The maximum Gasteiger partial charge on any atom is 0.412 e. The maximum absolute atomic E-state index is 14.5. The first-order valence-corrected chi connectivity index (χ1v) is 38.0. The Morgan fingerprint density at radius 3 is 1.97 bits per heavy atom. The molecule has 8 N–H and O–H groups in total. The Kier molecular flexibility index (Phi) is 29.1. The second-order valence-electron chi connectivity index (χ2n) is 28.3. The van der Waals surface area contributed by atoms with Crippen molar-refractivity contribution >= 4 is 86.6 Å². The van der Waals surface area contributed by atoms with Crippen molar-refractivity contribution in [2.45, 2.75) is 97.2 Å². The molecule has 3 saturated heterocycles. The average molecular weight is 1530 g/mol. The lowest BCUT2D eigenvalue weighted by Gasteiger charge is -2.34.